The number of carboxylic acid groups (broad SMARTS) is 2. The van der Waals surface area contributed by atoms with E-state index in [4.69, 9.17) is 10.2 Å². The van der Waals surface area contributed by atoms with Crippen molar-refractivity contribution >= 4 is 23.3 Å². The second-order valence-corrected chi connectivity index (χ2v) is 10.6. The summed E-state index contributed by atoms with van der Waals surface area (Å²) in [6, 6.07) is 7.59. The van der Waals surface area contributed by atoms with Crippen LogP contribution in [0.2, 0.25) is 0 Å². The van der Waals surface area contributed by atoms with Gasteiger partial charge in [-0.05, 0) is 49.2 Å². The number of benzene rings is 4. The summed E-state index contributed by atoms with van der Waals surface area (Å²) >= 11 is 0. The second kappa shape index (κ2) is 15.4. The first-order valence-electron chi connectivity index (χ1n) is 13.9. The van der Waals surface area contributed by atoms with E-state index in [1.807, 2.05) is 0 Å². The van der Waals surface area contributed by atoms with Gasteiger partial charge in [0, 0.05) is 35.6 Å². The Morgan fingerprint density at radius 2 is 0.788 bits per heavy atom. The number of carboxylic acids is 2. The van der Waals surface area contributed by atoms with E-state index in [1.165, 1.54) is 38.1 Å². The molecule has 0 saturated heterocycles. The maximum atomic E-state index is 13.8. The summed E-state index contributed by atoms with van der Waals surface area (Å²) in [7, 11) is 0. The molecule has 0 aliphatic carbocycles. The molecule has 280 valence electrons. The van der Waals surface area contributed by atoms with Crippen LogP contribution in [-0.2, 0) is 25.4 Å². The SMILES string of the molecule is Cc1ccc(NCc2c(F)c(F)c(C(F)(F)F)c(F)c2F)cc1C(=O)O.Cc1ccc(NCc2c(F)c(F)c(C(F)(F)F)c(F)c2F)cc1C(=O)O. The maximum Gasteiger partial charge on any atom is 0.422 e. The number of anilines is 2. The van der Waals surface area contributed by atoms with Gasteiger partial charge < -0.3 is 20.8 Å². The summed E-state index contributed by atoms with van der Waals surface area (Å²) in [5.74, 6) is -21.5. The first kappa shape index (κ1) is 40.9. The first-order valence-corrected chi connectivity index (χ1v) is 13.9. The van der Waals surface area contributed by atoms with E-state index in [0.29, 0.717) is 11.1 Å². The number of carbonyl (C=O) groups is 2. The third-order valence-electron chi connectivity index (χ3n) is 7.15. The van der Waals surface area contributed by atoms with Crippen LogP contribution in [0.25, 0.3) is 0 Å². The number of nitrogens with one attached hydrogen (secondary N) is 2. The lowest BCUT2D eigenvalue weighted by molar-refractivity contribution is -0.144. The fraction of sp³-hybridized carbons (Fsp3) is 0.188. The number of alkyl halides is 6. The van der Waals surface area contributed by atoms with E-state index in [9.17, 15) is 71.1 Å². The summed E-state index contributed by atoms with van der Waals surface area (Å²) < 4.78 is 184. The molecule has 0 radical (unpaired) electrons. The Kier molecular flexibility index (Phi) is 12.1. The molecule has 0 aromatic heterocycles. The van der Waals surface area contributed by atoms with Gasteiger partial charge in [0.15, 0.2) is 46.5 Å². The Morgan fingerprint density at radius 3 is 1.02 bits per heavy atom. The van der Waals surface area contributed by atoms with Crippen LogP contribution in [0.5, 0.6) is 0 Å². The Bertz CT molecular complexity index is 1840. The van der Waals surface area contributed by atoms with Crippen molar-refractivity contribution in [3.05, 3.63) is 127 Å². The Balaban J connectivity index is 0.000000280. The van der Waals surface area contributed by atoms with Gasteiger partial charge >= 0.3 is 24.3 Å². The van der Waals surface area contributed by atoms with Crippen molar-refractivity contribution < 1.29 is 81.3 Å². The van der Waals surface area contributed by atoms with Crippen molar-refractivity contribution in [1.82, 2.24) is 0 Å². The number of aryl methyl sites for hydroxylation is 2. The van der Waals surface area contributed by atoms with Crippen LogP contribution < -0.4 is 10.6 Å². The van der Waals surface area contributed by atoms with E-state index in [-0.39, 0.29) is 22.5 Å². The molecule has 4 aromatic carbocycles. The summed E-state index contributed by atoms with van der Waals surface area (Å²) in [5.41, 5.74) is -7.32. The van der Waals surface area contributed by atoms with Gasteiger partial charge in [0.2, 0.25) is 0 Å². The van der Waals surface area contributed by atoms with Crippen LogP contribution in [-0.4, -0.2) is 22.2 Å². The molecule has 0 unspecified atom stereocenters. The molecule has 0 amide bonds. The lowest BCUT2D eigenvalue weighted by atomic mass is 10.1. The molecule has 4 aromatic rings. The zero-order valence-corrected chi connectivity index (χ0v) is 25.9. The van der Waals surface area contributed by atoms with Gasteiger partial charge in [-0.1, -0.05) is 12.1 Å². The number of hydrogen-bond donors (Lipinski definition) is 4. The minimum absolute atomic E-state index is 0.0347. The molecular formula is C32H20F14N2O4. The highest BCUT2D eigenvalue weighted by molar-refractivity contribution is 5.91. The Hall–Kier alpha value is -5.56. The van der Waals surface area contributed by atoms with Crippen molar-refractivity contribution in [3.63, 3.8) is 0 Å². The molecule has 0 spiro atoms. The van der Waals surface area contributed by atoms with Crippen LogP contribution in [0, 0.1) is 60.4 Å². The number of rotatable bonds is 8. The van der Waals surface area contributed by atoms with Crippen LogP contribution in [0.1, 0.15) is 54.1 Å². The van der Waals surface area contributed by atoms with Crippen molar-refractivity contribution in [2.24, 2.45) is 0 Å². The maximum absolute atomic E-state index is 13.8. The van der Waals surface area contributed by atoms with E-state index >= 15 is 0 Å². The fourth-order valence-corrected chi connectivity index (χ4v) is 4.47. The molecule has 0 fully saturated rings. The smallest absolute Gasteiger partial charge is 0.422 e. The molecule has 0 bridgehead atoms. The average molecular weight is 762 g/mol. The van der Waals surface area contributed by atoms with Crippen molar-refractivity contribution in [2.45, 2.75) is 39.3 Å². The number of aromatic carboxylic acids is 2. The van der Waals surface area contributed by atoms with Gasteiger partial charge in [0.25, 0.3) is 0 Å². The van der Waals surface area contributed by atoms with Gasteiger partial charge in [-0.2, -0.15) is 26.3 Å². The number of hydrogen-bond acceptors (Lipinski definition) is 4. The van der Waals surface area contributed by atoms with Gasteiger partial charge in [0.05, 0.1) is 11.1 Å². The zero-order chi connectivity index (χ0) is 39.6. The lowest BCUT2D eigenvalue weighted by Gasteiger charge is -2.15. The number of halogens is 14. The molecular weight excluding hydrogens is 742 g/mol. The van der Waals surface area contributed by atoms with Crippen LogP contribution in [0.4, 0.5) is 72.8 Å². The average Bonchev–Trinajstić information content (AvgIpc) is 3.03. The molecule has 20 heteroatoms. The molecule has 0 atom stereocenters. The quantitative estimate of drug-likeness (QED) is 0.105. The molecule has 6 nitrogen and oxygen atoms in total. The van der Waals surface area contributed by atoms with E-state index < -0.39 is 106 Å². The highest BCUT2D eigenvalue weighted by Crippen LogP contribution is 2.38. The second-order valence-electron chi connectivity index (χ2n) is 10.6. The van der Waals surface area contributed by atoms with Crippen LogP contribution in [0.15, 0.2) is 36.4 Å². The van der Waals surface area contributed by atoms with Gasteiger partial charge in [0.1, 0.15) is 11.1 Å². The summed E-state index contributed by atoms with van der Waals surface area (Å²) in [4.78, 5) is 22.0. The molecule has 4 rings (SSSR count). The largest absolute Gasteiger partial charge is 0.478 e. The standard InChI is InChI=1S/2C16H10F7NO2/c2*1-6-2-3-7(4-8(6)15(25)26)24-5-9-11(17)13(19)10(16(21,22)23)14(20)12(9)18/h2*2-4,24H,5H2,1H3,(H,25,26). The van der Waals surface area contributed by atoms with E-state index in [1.54, 1.807) is 0 Å². The fourth-order valence-electron chi connectivity index (χ4n) is 4.47. The highest BCUT2D eigenvalue weighted by atomic mass is 19.4. The van der Waals surface area contributed by atoms with Crippen LogP contribution in [0.3, 0.4) is 0 Å². The van der Waals surface area contributed by atoms with E-state index in [0.717, 1.165) is 12.1 Å². The summed E-state index contributed by atoms with van der Waals surface area (Å²) in [6.07, 6.45) is -11.2. The third-order valence-corrected chi connectivity index (χ3v) is 7.15. The van der Waals surface area contributed by atoms with Gasteiger partial charge in [-0.25, -0.2) is 44.7 Å². The third kappa shape index (κ3) is 8.65. The topological polar surface area (TPSA) is 98.7 Å². The van der Waals surface area contributed by atoms with Gasteiger partial charge in [-0.15, -0.1) is 0 Å². The summed E-state index contributed by atoms with van der Waals surface area (Å²) in [6.45, 7) is 1.16. The normalized spacial score (nSPS) is 11.5. The predicted molar refractivity (Wildman–Crippen MR) is 153 cm³/mol. The predicted octanol–water partition coefficient (Wildman–Crippen LogP) is 9.76. The molecule has 0 aliphatic heterocycles. The highest BCUT2D eigenvalue weighted by Gasteiger charge is 2.43. The molecule has 0 aliphatic rings. The van der Waals surface area contributed by atoms with Gasteiger partial charge in [-0.3, -0.25) is 0 Å². The Morgan fingerprint density at radius 1 is 0.519 bits per heavy atom. The molecule has 0 heterocycles. The van der Waals surface area contributed by atoms with Crippen LogP contribution >= 0.6 is 0 Å². The lowest BCUT2D eigenvalue weighted by Crippen LogP contribution is -2.18. The monoisotopic (exact) mass is 762 g/mol. The minimum Gasteiger partial charge on any atom is -0.478 e. The Labute approximate surface area is 282 Å². The first-order chi connectivity index (χ1) is 23.9. The zero-order valence-electron chi connectivity index (χ0n) is 25.9. The minimum atomic E-state index is -5.62. The summed E-state index contributed by atoms with van der Waals surface area (Å²) in [5, 5.41) is 22.6. The molecule has 0 saturated carbocycles. The van der Waals surface area contributed by atoms with Crippen molar-refractivity contribution in [3.8, 4) is 0 Å². The molecule has 52 heavy (non-hydrogen) atoms. The van der Waals surface area contributed by atoms with Crippen molar-refractivity contribution in [2.75, 3.05) is 10.6 Å². The van der Waals surface area contributed by atoms with Crippen molar-refractivity contribution in [1.29, 1.82) is 0 Å². The molecule has 4 N–H and O–H groups in total. The van der Waals surface area contributed by atoms with E-state index in [2.05, 4.69) is 10.6 Å².